The molecule has 1 saturated heterocycles. The second-order valence-electron chi connectivity index (χ2n) is 7.59. The lowest BCUT2D eigenvalue weighted by atomic mass is 9.95. The lowest BCUT2D eigenvalue weighted by Gasteiger charge is -2.34. The number of carbonyl (C=O) groups excluding carboxylic acids is 2. The lowest BCUT2D eigenvalue weighted by molar-refractivity contribution is -0.138. The smallest absolute Gasteiger partial charge is 0.249 e. The average Bonchev–Trinajstić information content (AvgIpc) is 2.64. The molecule has 2 rings (SSSR count). The van der Waals surface area contributed by atoms with Crippen LogP contribution in [0.5, 0.6) is 0 Å². The zero-order valence-electron chi connectivity index (χ0n) is 16.3. The van der Waals surface area contributed by atoms with Crippen LogP contribution in [0.3, 0.4) is 0 Å². The average molecular weight is 360 g/mol. The van der Waals surface area contributed by atoms with Crippen LogP contribution in [0, 0.1) is 11.8 Å². The molecule has 5 nitrogen and oxygen atoms in total. The van der Waals surface area contributed by atoms with Gasteiger partial charge in [-0.05, 0) is 43.3 Å². The maximum Gasteiger partial charge on any atom is 0.249 e. The van der Waals surface area contributed by atoms with Crippen LogP contribution in [0.15, 0.2) is 30.3 Å². The fourth-order valence-electron chi connectivity index (χ4n) is 3.41. The van der Waals surface area contributed by atoms with Gasteiger partial charge in [0.25, 0.3) is 0 Å². The number of hydrogen-bond donors (Lipinski definition) is 2. The van der Waals surface area contributed by atoms with Gasteiger partial charge in [-0.3, -0.25) is 9.59 Å². The van der Waals surface area contributed by atoms with E-state index in [9.17, 15) is 9.59 Å². The minimum Gasteiger partial charge on any atom is -0.341 e. The Morgan fingerprint density at radius 2 is 1.81 bits per heavy atom. The number of amides is 2. The summed E-state index contributed by atoms with van der Waals surface area (Å²) in [4.78, 5) is 27.4. The van der Waals surface area contributed by atoms with Crippen LogP contribution < -0.4 is 10.6 Å². The third kappa shape index (κ3) is 6.13. The molecule has 1 aliphatic heterocycles. The summed E-state index contributed by atoms with van der Waals surface area (Å²) in [7, 11) is 0. The topological polar surface area (TPSA) is 61.4 Å². The number of likely N-dealkylation sites (tertiary alicyclic amines) is 1. The maximum absolute atomic E-state index is 13.1. The highest BCUT2D eigenvalue weighted by molar-refractivity contribution is 5.88. The molecule has 0 spiro atoms. The summed E-state index contributed by atoms with van der Waals surface area (Å²) in [5, 5.41) is 6.36. The second-order valence-corrected chi connectivity index (χ2v) is 7.59. The van der Waals surface area contributed by atoms with Crippen molar-refractivity contribution in [1.29, 1.82) is 0 Å². The van der Waals surface area contributed by atoms with Crippen molar-refractivity contribution in [2.45, 2.75) is 46.1 Å². The monoisotopic (exact) mass is 359 g/mol. The van der Waals surface area contributed by atoms with E-state index in [1.54, 1.807) is 0 Å². The largest absolute Gasteiger partial charge is 0.341 e. The van der Waals surface area contributed by atoms with E-state index in [1.807, 2.05) is 49.1 Å². The molecule has 1 atom stereocenters. The Morgan fingerprint density at radius 1 is 1.15 bits per heavy atom. The minimum absolute atomic E-state index is 0.00945. The number of carbonyl (C=O) groups is 2. The van der Waals surface area contributed by atoms with Crippen molar-refractivity contribution in [1.82, 2.24) is 15.5 Å². The van der Waals surface area contributed by atoms with E-state index in [1.165, 1.54) is 0 Å². The van der Waals surface area contributed by atoms with Crippen molar-refractivity contribution in [3.05, 3.63) is 35.9 Å². The van der Waals surface area contributed by atoms with Gasteiger partial charge >= 0.3 is 0 Å². The number of benzene rings is 1. The van der Waals surface area contributed by atoms with Crippen LogP contribution in [0.1, 0.15) is 51.6 Å². The lowest BCUT2D eigenvalue weighted by Crippen LogP contribution is -2.47. The first-order chi connectivity index (χ1) is 12.5. The Bertz CT molecular complexity index is 566. The molecule has 2 N–H and O–H groups in total. The van der Waals surface area contributed by atoms with Gasteiger partial charge < -0.3 is 15.5 Å². The number of rotatable bonds is 8. The van der Waals surface area contributed by atoms with E-state index in [4.69, 9.17) is 0 Å². The molecule has 1 fully saturated rings. The van der Waals surface area contributed by atoms with E-state index >= 15 is 0 Å². The summed E-state index contributed by atoms with van der Waals surface area (Å²) < 4.78 is 0. The zero-order valence-corrected chi connectivity index (χ0v) is 16.3. The van der Waals surface area contributed by atoms with Gasteiger partial charge in [0.05, 0.1) is 0 Å². The number of nitrogens with one attached hydrogen (secondary N) is 2. The molecule has 1 aliphatic rings. The van der Waals surface area contributed by atoms with E-state index in [-0.39, 0.29) is 17.7 Å². The Labute approximate surface area is 157 Å². The van der Waals surface area contributed by atoms with Crippen molar-refractivity contribution >= 4 is 11.8 Å². The van der Waals surface area contributed by atoms with E-state index in [0.717, 1.165) is 44.6 Å². The van der Waals surface area contributed by atoms with Crippen LogP contribution in [0.25, 0.3) is 0 Å². The summed E-state index contributed by atoms with van der Waals surface area (Å²) >= 11 is 0. The normalized spacial score (nSPS) is 16.5. The molecule has 1 unspecified atom stereocenters. The molecule has 1 aromatic rings. The van der Waals surface area contributed by atoms with Crippen molar-refractivity contribution in [2.24, 2.45) is 11.8 Å². The van der Waals surface area contributed by atoms with Crippen LogP contribution in [0.2, 0.25) is 0 Å². The van der Waals surface area contributed by atoms with E-state index in [0.29, 0.717) is 12.3 Å². The fraction of sp³-hybridized carbons (Fsp3) is 0.619. The number of nitrogens with zero attached hydrogens (tertiary/aromatic N) is 1. The maximum atomic E-state index is 13.1. The number of piperidine rings is 1. The van der Waals surface area contributed by atoms with Crippen LogP contribution in [-0.2, 0) is 9.59 Å². The van der Waals surface area contributed by atoms with Crippen molar-refractivity contribution in [3.63, 3.8) is 0 Å². The SMILES string of the molecule is CCNCC1CCN(C(=O)C(NC(=O)CC(C)C)c2ccccc2)CC1. The quantitative estimate of drug-likeness (QED) is 0.750. The Kier molecular flexibility index (Phi) is 8.10. The molecule has 1 aromatic carbocycles. The molecule has 1 heterocycles. The number of hydrogen-bond acceptors (Lipinski definition) is 3. The predicted octanol–water partition coefficient (Wildman–Crippen LogP) is 2.74. The molecule has 0 aliphatic carbocycles. The van der Waals surface area contributed by atoms with Gasteiger partial charge in [-0.1, -0.05) is 51.1 Å². The van der Waals surface area contributed by atoms with Gasteiger partial charge in [0, 0.05) is 19.5 Å². The Morgan fingerprint density at radius 3 is 2.38 bits per heavy atom. The molecule has 0 aromatic heterocycles. The highest BCUT2D eigenvalue weighted by Gasteiger charge is 2.30. The van der Waals surface area contributed by atoms with Crippen LogP contribution in [0.4, 0.5) is 0 Å². The molecule has 0 saturated carbocycles. The first-order valence-corrected chi connectivity index (χ1v) is 9.85. The molecule has 5 heteroatoms. The van der Waals surface area contributed by atoms with Gasteiger partial charge in [0.2, 0.25) is 11.8 Å². The summed E-state index contributed by atoms with van der Waals surface area (Å²) in [5.41, 5.74) is 0.851. The van der Waals surface area contributed by atoms with Gasteiger partial charge in [0.15, 0.2) is 0 Å². The summed E-state index contributed by atoms with van der Waals surface area (Å²) in [6, 6.07) is 8.98. The van der Waals surface area contributed by atoms with Crippen LogP contribution in [-0.4, -0.2) is 42.9 Å². The molecule has 2 amide bonds. The third-order valence-corrected chi connectivity index (χ3v) is 4.89. The molecule has 0 radical (unpaired) electrons. The highest BCUT2D eigenvalue weighted by atomic mass is 16.2. The first-order valence-electron chi connectivity index (χ1n) is 9.85. The van der Waals surface area contributed by atoms with E-state index in [2.05, 4.69) is 17.6 Å². The third-order valence-electron chi connectivity index (χ3n) is 4.89. The summed E-state index contributed by atoms with van der Waals surface area (Å²) in [6.07, 6.45) is 2.46. The van der Waals surface area contributed by atoms with Crippen molar-refractivity contribution in [3.8, 4) is 0 Å². The van der Waals surface area contributed by atoms with Crippen molar-refractivity contribution in [2.75, 3.05) is 26.2 Å². The van der Waals surface area contributed by atoms with Crippen molar-refractivity contribution < 1.29 is 9.59 Å². The van der Waals surface area contributed by atoms with Gasteiger partial charge in [-0.2, -0.15) is 0 Å². The van der Waals surface area contributed by atoms with E-state index < -0.39 is 6.04 Å². The van der Waals surface area contributed by atoms with Gasteiger partial charge in [-0.15, -0.1) is 0 Å². The minimum atomic E-state index is -0.590. The summed E-state index contributed by atoms with van der Waals surface area (Å²) in [6.45, 7) is 9.66. The molecule has 26 heavy (non-hydrogen) atoms. The molecule has 144 valence electrons. The molecule has 0 bridgehead atoms. The highest BCUT2D eigenvalue weighted by Crippen LogP contribution is 2.22. The zero-order chi connectivity index (χ0) is 18.9. The first kappa shape index (κ1) is 20.4. The molecular formula is C21H33N3O2. The fourth-order valence-corrected chi connectivity index (χ4v) is 3.41. The van der Waals surface area contributed by atoms with Gasteiger partial charge in [0.1, 0.15) is 6.04 Å². The van der Waals surface area contributed by atoms with Crippen LogP contribution >= 0.6 is 0 Å². The predicted molar refractivity (Wildman–Crippen MR) is 105 cm³/mol. The van der Waals surface area contributed by atoms with Gasteiger partial charge in [-0.25, -0.2) is 0 Å². The Hall–Kier alpha value is -1.88. The second kappa shape index (κ2) is 10.3. The standard InChI is InChI=1S/C21H33N3O2/c1-4-22-15-17-10-12-24(13-11-17)21(26)20(18-8-6-5-7-9-18)23-19(25)14-16(2)3/h5-9,16-17,20,22H,4,10-15H2,1-3H3,(H,23,25). The molecular weight excluding hydrogens is 326 g/mol. The summed E-state index contributed by atoms with van der Waals surface area (Å²) in [5.74, 6) is 0.840. The Balaban J connectivity index is 2.03.